The molecule has 0 radical (unpaired) electrons. The number of benzene rings is 2. The van der Waals surface area contributed by atoms with Crippen LogP contribution in [0.1, 0.15) is 56.1 Å². The van der Waals surface area contributed by atoms with E-state index in [4.69, 9.17) is 9.47 Å². The number of carbonyl (C=O) groups excluding carboxylic acids is 1. The molecule has 1 fully saturated rings. The number of phenols is 1. The maximum atomic E-state index is 12.8. The van der Waals surface area contributed by atoms with Gasteiger partial charge in [0.25, 0.3) is 0 Å². The van der Waals surface area contributed by atoms with Gasteiger partial charge in [-0.1, -0.05) is 49.2 Å². The quantitative estimate of drug-likeness (QED) is 0.178. The molecular formula is C31H42N4O5S. The van der Waals surface area contributed by atoms with Crippen molar-refractivity contribution in [3.63, 3.8) is 0 Å². The molecule has 2 heterocycles. The van der Waals surface area contributed by atoms with E-state index in [2.05, 4.69) is 32.7 Å². The zero-order valence-electron chi connectivity index (χ0n) is 23.7. The van der Waals surface area contributed by atoms with Gasteiger partial charge in [0.15, 0.2) is 11.5 Å². The van der Waals surface area contributed by atoms with E-state index in [1.807, 2.05) is 12.1 Å². The average molecular weight is 583 g/mol. The topological polar surface area (TPSA) is 116 Å². The summed E-state index contributed by atoms with van der Waals surface area (Å²) >= 11 is 1.14. The Morgan fingerprint density at radius 1 is 0.976 bits per heavy atom. The lowest BCUT2D eigenvalue weighted by molar-refractivity contribution is -0.122. The highest BCUT2D eigenvalue weighted by atomic mass is 32.1. The van der Waals surface area contributed by atoms with Crippen LogP contribution in [0.3, 0.4) is 0 Å². The number of thiazole rings is 1. The molecule has 1 aromatic heterocycles. The van der Waals surface area contributed by atoms with Crippen LogP contribution in [0.25, 0.3) is 10.2 Å². The summed E-state index contributed by atoms with van der Waals surface area (Å²) in [7, 11) is 0. The van der Waals surface area contributed by atoms with E-state index in [0.717, 1.165) is 85.0 Å². The molecule has 0 bridgehead atoms. The lowest BCUT2D eigenvalue weighted by atomic mass is 10.1. The molecule has 4 N–H and O–H groups in total. The standard InChI is InChI=1S/C31H42N4O5S/c36-25-9-8-23(30-29(25)34-31(38)41-30)11-14-32-15-18-35(17-13-28(37)33-24-5-3-1-2-4-6-24)16-12-22-7-10-26-27(21-22)40-20-19-39-26/h7-10,21,24,32,36H,1-6,11-20H2,(H,33,37)(H,34,38). The molecule has 9 nitrogen and oxygen atoms in total. The fourth-order valence-corrected chi connectivity index (χ4v) is 6.60. The molecule has 5 rings (SSSR count). The number of H-pyrrole nitrogens is 1. The van der Waals surface area contributed by atoms with Gasteiger partial charge in [-0.2, -0.15) is 0 Å². The predicted molar refractivity (Wildman–Crippen MR) is 163 cm³/mol. The van der Waals surface area contributed by atoms with Gasteiger partial charge in [-0.3, -0.25) is 9.59 Å². The van der Waals surface area contributed by atoms with Gasteiger partial charge in [-0.15, -0.1) is 0 Å². The monoisotopic (exact) mass is 582 g/mol. The van der Waals surface area contributed by atoms with Gasteiger partial charge in [0.2, 0.25) is 5.91 Å². The van der Waals surface area contributed by atoms with Crippen molar-refractivity contribution in [1.82, 2.24) is 20.5 Å². The van der Waals surface area contributed by atoms with Crippen LogP contribution in [0, 0.1) is 0 Å². The summed E-state index contributed by atoms with van der Waals surface area (Å²) in [5.41, 5.74) is 2.75. The second-order valence-electron chi connectivity index (χ2n) is 11.0. The first kappa shape index (κ1) is 29.4. The molecule has 2 aromatic carbocycles. The fourth-order valence-electron chi connectivity index (χ4n) is 5.70. The zero-order chi connectivity index (χ0) is 28.4. The number of hydrogen-bond acceptors (Lipinski definition) is 8. The molecule has 3 aromatic rings. The Labute approximate surface area is 245 Å². The molecule has 2 aliphatic rings. The van der Waals surface area contributed by atoms with Crippen LogP contribution in [-0.4, -0.2) is 72.9 Å². The molecule has 222 valence electrons. The Bertz CT molecular complexity index is 1350. The summed E-state index contributed by atoms with van der Waals surface area (Å²) in [5.74, 6) is 1.86. The number of rotatable bonds is 13. The van der Waals surface area contributed by atoms with Crippen molar-refractivity contribution in [2.75, 3.05) is 45.9 Å². The van der Waals surface area contributed by atoms with Crippen LogP contribution < -0.4 is 25.0 Å². The Hall–Kier alpha value is -3.08. The normalized spacial score (nSPS) is 15.7. The zero-order valence-corrected chi connectivity index (χ0v) is 24.5. The average Bonchev–Trinajstić information content (AvgIpc) is 3.20. The van der Waals surface area contributed by atoms with E-state index in [0.29, 0.717) is 37.7 Å². The molecule has 0 atom stereocenters. The number of nitrogens with one attached hydrogen (secondary N) is 3. The third kappa shape index (κ3) is 8.47. The number of fused-ring (bicyclic) bond motifs is 2. The van der Waals surface area contributed by atoms with Crippen molar-refractivity contribution in [2.45, 2.75) is 63.8 Å². The third-order valence-electron chi connectivity index (χ3n) is 8.01. The van der Waals surface area contributed by atoms with Crippen molar-refractivity contribution < 1.29 is 19.4 Å². The fraction of sp³-hybridized carbons (Fsp3) is 0.548. The Kier molecular flexibility index (Phi) is 10.5. The minimum Gasteiger partial charge on any atom is -0.506 e. The predicted octanol–water partition coefficient (Wildman–Crippen LogP) is 3.97. The van der Waals surface area contributed by atoms with Gasteiger partial charge in [0.05, 0.1) is 4.70 Å². The lowest BCUT2D eigenvalue weighted by Crippen LogP contribution is -2.39. The van der Waals surface area contributed by atoms with Gasteiger partial charge < -0.3 is 35.1 Å². The number of phenolic OH excluding ortho intramolecular Hbond substituents is 1. The Morgan fingerprint density at radius 3 is 2.61 bits per heavy atom. The van der Waals surface area contributed by atoms with Gasteiger partial charge in [-0.05, 0) is 61.6 Å². The molecular weight excluding hydrogens is 540 g/mol. The van der Waals surface area contributed by atoms with Crippen LogP contribution >= 0.6 is 11.3 Å². The number of aromatic amines is 1. The number of aromatic hydroxyl groups is 1. The second-order valence-corrected chi connectivity index (χ2v) is 12.0. The Balaban J connectivity index is 1.12. The molecule has 1 aliphatic heterocycles. The maximum Gasteiger partial charge on any atom is 0.305 e. The minimum absolute atomic E-state index is 0.104. The molecule has 1 saturated carbocycles. The van der Waals surface area contributed by atoms with Crippen molar-refractivity contribution >= 4 is 27.5 Å². The lowest BCUT2D eigenvalue weighted by Gasteiger charge is -2.24. The van der Waals surface area contributed by atoms with E-state index in [9.17, 15) is 14.7 Å². The van der Waals surface area contributed by atoms with Crippen molar-refractivity contribution in [3.8, 4) is 17.2 Å². The van der Waals surface area contributed by atoms with E-state index in [1.165, 1.54) is 31.2 Å². The molecule has 0 spiro atoms. The molecule has 10 heteroatoms. The summed E-state index contributed by atoms with van der Waals surface area (Å²) < 4.78 is 12.2. The number of amides is 1. The highest BCUT2D eigenvalue weighted by Crippen LogP contribution is 2.31. The first-order chi connectivity index (χ1) is 20.0. The summed E-state index contributed by atoms with van der Waals surface area (Å²) in [5, 5.41) is 16.8. The molecule has 41 heavy (non-hydrogen) atoms. The number of nitrogens with zero attached hydrogens (tertiary/aromatic N) is 1. The van der Waals surface area contributed by atoms with Gasteiger partial charge >= 0.3 is 4.87 Å². The first-order valence-electron chi connectivity index (χ1n) is 15.0. The van der Waals surface area contributed by atoms with Crippen molar-refractivity contribution in [3.05, 3.63) is 51.1 Å². The highest BCUT2D eigenvalue weighted by Gasteiger charge is 2.17. The van der Waals surface area contributed by atoms with Crippen LogP contribution in [0.4, 0.5) is 0 Å². The molecule has 1 amide bonds. The SMILES string of the molecule is O=C(CCN(CCNCCc1ccc(O)c2[nH]c(=O)sc12)CCc1ccc2c(c1)OCCO2)NC1CCCCCC1. The molecule has 1 aliphatic carbocycles. The van der Waals surface area contributed by atoms with E-state index in [-0.39, 0.29) is 16.5 Å². The number of ether oxygens (including phenoxy) is 2. The minimum atomic E-state index is -0.160. The summed E-state index contributed by atoms with van der Waals surface area (Å²) in [6.07, 6.45) is 9.26. The van der Waals surface area contributed by atoms with Crippen LogP contribution in [-0.2, 0) is 17.6 Å². The van der Waals surface area contributed by atoms with Crippen molar-refractivity contribution in [2.24, 2.45) is 0 Å². The molecule has 0 saturated heterocycles. The number of aromatic nitrogens is 1. The first-order valence-corrected chi connectivity index (χ1v) is 15.8. The van der Waals surface area contributed by atoms with E-state index >= 15 is 0 Å². The van der Waals surface area contributed by atoms with E-state index in [1.54, 1.807) is 6.07 Å². The Morgan fingerprint density at radius 2 is 1.78 bits per heavy atom. The van der Waals surface area contributed by atoms with Crippen molar-refractivity contribution in [1.29, 1.82) is 0 Å². The third-order valence-corrected chi connectivity index (χ3v) is 8.97. The van der Waals surface area contributed by atoms with E-state index < -0.39 is 0 Å². The number of carbonyl (C=O) groups is 1. The molecule has 0 unspecified atom stereocenters. The van der Waals surface area contributed by atoms with Crippen LogP contribution in [0.2, 0.25) is 0 Å². The largest absolute Gasteiger partial charge is 0.506 e. The van der Waals surface area contributed by atoms with Crippen LogP contribution in [0.5, 0.6) is 17.2 Å². The summed E-state index contributed by atoms with van der Waals surface area (Å²) in [4.78, 5) is 29.5. The van der Waals surface area contributed by atoms with Gasteiger partial charge in [0.1, 0.15) is 24.5 Å². The smallest absolute Gasteiger partial charge is 0.305 e. The van der Waals surface area contributed by atoms with Gasteiger partial charge in [0, 0.05) is 38.6 Å². The maximum absolute atomic E-state index is 12.8. The summed E-state index contributed by atoms with van der Waals surface area (Å²) in [6, 6.07) is 9.99. The summed E-state index contributed by atoms with van der Waals surface area (Å²) in [6.45, 7) is 5.07. The van der Waals surface area contributed by atoms with Crippen LogP contribution in [0.15, 0.2) is 35.1 Å². The highest BCUT2D eigenvalue weighted by molar-refractivity contribution is 7.16. The van der Waals surface area contributed by atoms with Gasteiger partial charge in [-0.25, -0.2) is 0 Å². The second kappa shape index (κ2) is 14.7. The number of hydrogen-bond donors (Lipinski definition) is 4.